The second-order valence-corrected chi connectivity index (χ2v) is 6.66. The third-order valence-electron chi connectivity index (χ3n) is 3.80. The van der Waals surface area contributed by atoms with Gasteiger partial charge >= 0.3 is 0 Å². The summed E-state index contributed by atoms with van der Waals surface area (Å²) in [5.41, 5.74) is 8.79. The van der Waals surface area contributed by atoms with E-state index < -0.39 is 5.82 Å². The minimum atomic E-state index is -0.666. The fourth-order valence-electron chi connectivity index (χ4n) is 2.52. The standard InChI is InChI=1S/C18H16Cl2FN3O/c1-10(22)16-9-13(6-11-2-5-18(25)15(21)7-11)24(23-16)17-4-3-12(19)8-14(17)20/h2-5,7-10,25H,6,22H2,1H3. The van der Waals surface area contributed by atoms with Crippen molar-refractivity contribution in [2.45, 2.75) is 19.4 Å². The summed E-state index contributed by atoms with van der Waals surface area (Å²) in [6.07, 6.45) is 0.399. The lowest BCUT2D eigenvalue weighted by atomic mass is 10.1. The molecule has 2 aromatic carbocycles. The number of nitrogens with two attached hydrogens (primary N) is 1. The molecule has 0 fully saturated rings. The number of aromatic hydroxyl groups is 1. The molecule has 0 spiro atoms. The van der Waals surface area contributed by atoms with E-state index in [0.29, 0.717) is 33.4 Å². The molecule has 0 saturated carbocycles. The predicted octanol–water partition coefficient (Wildman–Crippen LogP) is 4.63. The maximum absolute atomic E-state index is 13.6. The van der Waals surface area contributed by atoms with Gasteiger partial charge in [0.15, 0.2) is 11.6 Å². The van der Waals surface area contributed by atoms with Crippen LogP contribution in [0.3, 0.4) is 0 Å². The van der Waals surface area contributed by atoms with Crippen molar-refractivity contribution in [1.29, 1.82) is 0 Å². The van der Waals surface area contributed by atoms with Crippen LogP contribution in [-0.4, -0.2) is 14.9 Å². The van der Waals surface area contributed by atoms with Crippen LogP contribution in [0.15, 0.2) is 42.5 Å². The quantitative estimate of drug-likeness (QED) is 0.694. The lowest BCUT2D eigenvalue weighted by Gasteiger charge is -2.10. The first kappa shape index (κ1) is 17.7. The van der Waals surface area contributed by atoms with Crippen LogP contribution in [0.1, 0.15) is 29.9 Å². The van der Waals surface area contributed by atoms with Crippen molar-refractivity contribution >= 4 is 23.2 Å². The van der Waals surface area contributed by atoms with Gasteiger partial charge in [-0.2, -0.15) is 5.10 Å². The van der Waals surface area contributed by atoms with Crippen LogP contribution in [0, 0.1) is 5.82 Å². The highest BCUT2D eigenvalue weighted by Crippen LogP contribution is 2.27. The average molecular weight is 380 g/mol. The Hall–Kier alpha value is -2.08. The van der Waals surface area contributed by atoms with Crippen LogP contribution in [-0.2, 0) is 6.42 Å². The summed E-state index contributed by atoms with van der Waals surface area (Å²) < 4.78 is 15.3. The van der Waals surface area contributed by atoms with Crippen molar-refractivity contribution < 1.29 is 9.50 Å². The van der Waals surface area contributed by atoms with Gasteiger partial charge in [-0.1, -0.05) is 29.3 Å². The number of rotatable bonds is 4. The van der Waals surface area contributed by atoms with Gasteiger partial charge in [-0.05, 0) is 48.9 Å². The number of nitrogens with zero attached hydrogens (tertiary/aromatic N) is 2. The van der Waals surface area contributed by atoms with Crippen LogP contribution in [0.4, 0.5) is 4.39 Å². The summed E-state index contributed by atoms with van der Waals surface area (Å²) in [6.45, 7) is 1.83. The monoisotopic (exact) mass is 379 g/mol. The average Bonchev–Trinajstić information content (AvgIpc) is 2.95. The van der Waals surface area contributed by atoms with E-state index in [0.717, 1.165) is 5.69 Å². The number of hydrogen-bond donors (Lipinski definition) is 2. The fourth-order valence-corrected chi connectivity index (χ4v) is 3.01. The number of phenolic OH excluding ortho intramolecular Hbond substituents is 1. The van der Waals surface area contributed by atoms with Gasteiger partial charge < -0.3 is 10.8 Å². The van der Waals surface area contributed by atoms with Crippen molar-refractivity contribution in [3.63, 3.8) is 0 Å². The highest BCUT2D eigenvalue weighted by atomic mass is 35.5. The number of halogens is 3. The van der Waals surface area contributed by atoms with Crippen LogP contribution >= 0.6 is 23.2 Å². The van der Waals surface area contributed by atoms with Gasteiger partial charge in [0, 0.05) is 23.2 Å². The van der Waals surface area contributed by atoms with Gasteiger partial charge in [0.1, 0.15) is 0 Å². The molecule has 1 atom stereocenters. The normalized spacial score (nSPS) is 12.4. The summed E-state index contributed by atoms with van der Waals surface area (Å²) in [7, 11) is 0. The van der Waals surface area contributed by atoms with E-state index in [9.17, 15) is 9.50 Å². The first-order chi connectivity index (χ1) is 11.8. The van der Waals surface area contributed by atoms with Crippen LogP contribution in [0.2, 0.25) is 10.0 Å². The summed E-state index contributed by atoms with van der Waals surface area (Å²) >= 11 is 12.3. The Bertz CT molecular complexity index is 925. The molecule has 1 heterocycles. The summed E-state index contributed by atoms with van der Waals surface area (Å²) in [6, 6.07) is 11.0. The molecule has 130 valence electrons. The number of aromatic nitrogens is 2. The van der Waals surface area contributed by atoms with Gasteiger partial charge in [-0.25, -0.2) is 9.07 Å². The molecule has 0 aliphatic heterocycles. The smallest absolute Gasteiger partial charge is 0.165 e. The van der Waals surface area contributed by atoms with E-state index in [1.807, 2.05) is 13.0 Å². The highest BCUT2D eigenvalue weighted by molar-refractivity contribution is 6.35. The second kappa shape index (κ2) is 7.04. The maximum Gasteiger partial charge on any atom is 0.165 e. The third kappa shape index (κ3) is 3.79. The number of phenols is 1. The van der Waals surface area contributed by atoms with E-state index in [1.54, 1.807) is 28.9 Å². The molecular formula is C18H16Cl2FN3O. The molecule has 3 N–H and O–H groups in total. The summed E-state index contributed by atoms with van der Waals surface area (Å²) in [4.78, 5) is 0. The van der Waals surface area contributed by atoms with Gasteiger partial charge in [0.05, 0.1) is 16.4 Å². The predicted molar refractivity (Wildman–Crippen MR) is 97.1 cm³/mol. The lowest BCUT2D eigenvalue weighted by molar-refractivity contribution is 0.432. The Kier molecular flexibility index (Phi) is 4.99. The number of hydrogen-bond acceptors (Lipinski definition) is 3. The van der Waals surface area contributed by atoms with Crippen LogP contribution < -0.4 is 5.73 Å². The molecule has 0 aliphatic carbocycles. The zero-order valence-electron chi connectivity index (χ0n) is 13.4. The second-order valence-electron chi connectivity index (χ2n) is 5.82. The van der Waals surface area contributed by atoms with E-state index in [4.69, 9.17) is 28.9 Å². The molecule has 7 heteroatoms. The van der Waals surface area contributed by atoms with Gasteiger partial charge in [0.2, 0.25) is 0 Å². The summed E-state index contributed by atoms with van der Waals surface area (Å²) in [5, 5.41) is 14.8. The topological polar surface area (TPSA) is 64.1 Å². The molecule has 0 amide bonds. The van der Waals surface area contributed by atoms with Gasteiger partial charge in [-0.3, -0.25) is 0 Å². The Morgan fingerprint density at radius 2 is 1.96 bits per heavy atom. The van der Waals surface area contributed by atoms with Crippen molar-refractivity contribution in [3.8, 4) is 11.4 Å². The van der Waals surface area contributed by atoms with Crippen LogP contribution in [0.5, 0.6) is 5.75 Å². The molecule has 0 radical (unpaired) electrons. The van der Waals surface area contributed by atoms with Gasteiger partial charge in [-0.15, -0.1) is 0 Å². The Morgan fingerprint density at radius 3 is 2.60 bits per heavy atom. The van der Waals surface area contributed by atoms with E-state index in [1.165, 1.54) is 12.1 Å². The summed E-state index contributed by atoms with van der Waals surface area (Å²) in [5.74, 6) is -1.05. The zero-order valence-corrected chi connectivity index (χ0v) is 14.9. The highest BCUT2D eigenvalue weighted by Gasteiger charge is 2.15. The Balaban J connectivity index is 2.07. The largest absolute Gasteiger partial charge is 0.505 e. The third-order valence-corrected chi connectivity index (χ3v) is 4.34. The molecule has 4 nitrogen and oxygen atoms in total. The zero-order chi connectivity index (χ0) is 18.1. The van der Waals surface area contributed by atoms with Crippen LogP contribution in [0.25, 0.3) is 5.69 Å². The molecule has 0 bridgehead atoms. The molecule has 25 heavy (non-hydrogen) atoms. The number of benzene rings is 2. The Morgan fingerprint density at radius 1 is 1.20 bits per heavy atom. The van der Waals surface area contributed by atoms with Crippen molar-refractivity contribution in [1.82, 2.24) is 9.78 Å². The fraction of sp³-hybridized carbons (Fsp3) is 0.167. The van der Waals surface area contributed by atoms with E-state index in [-0.39, 0.29) is 11.8 Å². The molecule has 0 saturated heterocycles. The first-order valence-electron chi connectivity index (χ1n) is 7.62. The maximum atomic E-state index is 13.6. The molecule has 0 aliphatic rings. The molecule has 3 aromatic rings. The molecular weight excluding hydrogens is 364 g/mol. The van der Waals surface area contributed by atoms with E-state index in [2.05, 4.69) is 5.10 Å². The van der Waals surface area contributed by atoms with Crippen molar-refractivity contribution in [2.24, 2.45) is 5.73 Å². The molecule has 1 aromatic heterocycles. The van der Waals surface area contributed by atoms with Crippen molar-refractivity contribution in [2.75, 3.05) is 0 Å². The minimum absolute atomic E-state index is 0.261. The first-order valence-corrected chi connectivity index (χ1v) is 8.38. The van der Waals surface area contributed by atoms with Crippen molar-refractivity contribution in [3.05, 3.63) is 75.3 Å². The van der Waals surface area contributed by atoms with E-state index >= 15 is 0 Å². The SMILES string of the molecule is CC(N)c1cc(Cc2ccc(O)c(F)c2)n(-c2ccc(Cl)cc2Cl)n1. The Labute approximate surface area is 154 Å². The lowest BCUT2D eigenvalue weighted by Crippen LogP contribution is -2.07. The molecule has 1 unspecified atom stereocenters. The minimum Gasteiger partial charge on any atom is -0.505 e. The molecule has 3 rings (SSSR count). The van der Waals surface area contributed by atoms with Gasteiger partial charge in [0.25, 0.3) is 0 Å².